The third kappa shape index (κ3) is 2.30. The van der Waals surface area contributed by atoms with Gasteiger partial charge in [0.05, 0.1) is 12.3 Å². The second-order valence-electron chi connectivity index (χ2n) is 5.72. The zero-order valence-electron chi connectivity index (χ0n) is 13.0. The summed E-state index contributed by atoms with van der Waals surface area (Å²) in [7, 11) is -0.638. The molecule has 0 saturated heterocycles. The number of hydrogen-bond acceptors (Lipinski definition) is 6. The molecular weight excluding hydrogens is 305 g/mol. The number of benzene rings is 2. The monoisotopic (exact) mass is 319 g/mol. The van der Waals surface area contributed by atoms with Crippen molar-refractivity contribution >= 4 is 35.6 Å². The Morgan fingerprint density at radius 2 is 1.96 bits per heavy atom. The number of nitrogens with zero attached hydrogens (tertiary/aromatic N) is 2. The zero-order chi connectivity index (χ0) is 16.7. The summed E-state index contributed by atoms with van der Waals surface area (Å²) in [4.78, 5) is 10.6. The van der Waals surface area contributed by atoms with E-state index in [1.54, 1.807) is 0 Å². The fraction of sp³-hybridized carbons (Fsp3) is 0.118. The molecule has 0 amide bonds. The second-order valence-corrected chi connectivity index (χ2v) is 5.72. The highest BCUT2D eigenvalue weighted by atomic mass is 16.6. The van der Waals surface area contributed by atoms with Crippen LogP contribution in [0.1, 0.15) is 11.3 Å². The van der Waals surface area contributed by atoms with E-state index in [4.69, 9.17) is 15.0 Å². The topological polar surface area (TPSA) is 87.3 Å². The summed E-state index contributed by atoms with van der Waals surface area (Å²) in [5.74, 6) is 0.420. The maximum atomic E-state index is 10.6. The minimum absolute atomic E-state index is 0.410. The van der Waals surface area contributed by atoms with Crippen LogP contribution >= 0.6 is 0 Å². The Bertz CT molecular complexity index is 961. The molecule has 0 fully saturated rings. The molecule has 118 valence electrons. The second kappa shape index (κ2) is 5.61. The largest absolute Gasteiger partial charge is 0.565 e. The molecule has 2 heterocycles. The van der Waals surface area contributed by atoms with E-state index in [0.717, 1.165) is 38.6 Å². The average Bonchev–Trinajstić information content (AvgIpc) is 3.01. The van der Waals surface area contributed by atoms with Crippen molar-refractivity contribution in [2.75, 3.05) is 5.73 Å². The van der Waals surface area contributed by atoms with Gasteiger partial charge in [-0.05, 0) is 35.7 Å². The van der Waals surface area contributed by atoms with E-state index in [-0.39, 0.29) is 0 Å². The van der Waals surface area contributed by atoms with E-state index in [1.165, 1.54) is 0 Å². The minimum Gasteiger partial charge on any atom is -0.508 e. The van der Waals surface area contributed by atoms with Gasteiger partial charge in [-0.1, -0.05) is 24.3 Å². The van der Waals surface area contributed by atoms with Crippen molar-refractivity contribution in [3.05, 3.63) is 47.7 Å². The normalized spacial score (nSPS) is 13.1. The number of anilines is 1. The standard InChI is InChI=1S/C17H14BN3O3/c1-10-15-6-11(4-5-14(15)17(19)21-20-10)12-2-3-13-8-23-18(24-9-22)16(13)7-12/h2-7,9H,8H2,1H3,(H2,19,21). The molecule has 0 radical (unpaired) electrons. The number of hydrogen-bond donors (Lipinski definition) is 1. The Hall–Kier alpha value is -2.93. The number of carbonyl (C=O) groups excluding carboxylic acids is 1. The lowest BCUT2D eigenvalue weighted by Gasteiger charge is -2.09. The number of rotatable bonds is 3. The molecule has 0 unspecified atom stereocenters. The van der Waals surface area contributed by atoms with Crippen molar-refractivity contribution < 1.29 is 14.1 Å². The van der Waals surface area contributed by atoms with Gasteiger partial charge >= 0.3 is 7.12 Å². The van der Waals surface area contributed by atoms with Gasteiger partial charge in [0.2, 0.25) is 0 Å². The fourth-order valence-corrected chi connectivity index (χ4v) is 3.03. The zero-order valence-corrected chi connectivity index (χ0v) is 13.0. The van der Waals surface area contributed by atoms with Crippen LogP contribution in [0.2, 0.25) is 0 Å². The maximum Gasteiger partial charge on any atom is 0.565 e. The van der Waals surface area contributed by atoms with E-state index in [9.17, 15) is 4.79 Å². The van der Waals surface area contributed by atoms with Crippen molar-refractivity contribution in [1.82, 2.24) is 10.2 Å². The number of carbonyl (C=O) groups is 1. The van der Waals surface area contributed by atoms with Crippen LogP contribution in [-0.2, 0) is 20.7 Å². The summed E-state index contributed by atoms with van der Waals surface area (Å²) in [6.45, 7) is 2.76. The van der Waals surface area contributed by atoms with Crippen LogP contribution in [0.5, 0.6) is 0 Å². The molecule has 0 aliphatic carbocycles. The van der Waals surface area contributed by atoms with Crippen LogP contribution in [0.3, 0.4) is 0 Å². The highest BCUT2D eigenvalue weighted by molar-refractivity contribution is 6.64. The molecular formula is C17H14BN3O3. The van der Waals surface area contributed by atoms with Crippen LogP contribution in [0.15, 0.2) is 36.4 Å². The third-order valence-corrected chi connectivity index (χ3v) is 4.30. The van der Waals surface area contributed by atoms with Gasteiger partial charge in [-0.3, -0.25) is 4.79 Å². The summed E-state index contributed by atoms with van der Waals surface area (Å²) in [6.07, 6.45) is 0. The summed E-state index contributed by atoms with van der Waals surface area (Å²) < 4.78 is 10.5. The van der Waals surface area contributed by atoms with Gasteiger partial charge in [-0.2, -0.15) is 5.10 Å². The molecule has 4 rings (SSSR count). The Balaban J connectivity index is 1.82. The van der Waals surface area contributed by atoms with Crippen molar-refractivity contribution in [2.24, 2.45) is 0 Å². The number of aromatic nitrogens is 2. The summed E-state index contributed by atoms with van der Waals surface area (Å²) in [5.41, 5.74) is 10.7. The molecule has 0 saturated carbocycles. The van der Waals surface area contributed by atoms with Crippen LogP contribution in [0, 0.1) is 6.92 Å². The lowest BCUT2D eigenvalue weighted by atomic mass is 9.77. The summed E-state index contributed by atoms with van der Waals surface area (Å²) in [6, 6.07) is 12.0. The molecule has 7 heteroatoms. The van der Waals surface area contributed by atoms with E-state index in [2.05, 4.69) is 10.2 Å². The van der Waals surface area contributed by atoms with E-state index in [0.29, 0.717) is 18.9 Å². The van der Waals surface area contributed by atoms with E-state index < -0.39 is 7.12 Å². The minimum atomic E-state index is -0.638. The van der Waals surface area contributed by atoms with Crippen LogP contribution in [0.4, 0.5) is 5.82 Å². The molecule has 0 bridgehead atoms. The lowest BCUT2D eigenvalue weighted by Crippen LogP contribution is -2.31. The first kappa shape index (κ1) is 14.7. The number of nitrogen functional groups attached to an aromatic ring is 1. The van der Waals surface area contributed by atoms with Gasteiger partial charge in [0.15, 0.2) is 5.82 Å². The molecule has 6 nitrogen and oxygen atoms in total. The van der Waals surface area contributed by atoms with Gasteiger partial charge < -0.3 is 15.0 Å². The Morgan fingerprint density at radius 1 is 1.17 bits per heavy atom. The highest BCUT2D eigenvalue weighted by Gasteiger charge is 2.32. The number of nitrogens with two attached hydrogens (primary N) is 1. The van der Waals surface area contributed by atoms with Crippen molar-refractivity contribution in [3.8, 4) is 11.1 Å². The van der Waals surface area contributed by atoms with Crippen LogP contribution < -0.4 is 11.2 Å². The van der Waals surface area contributed by atoms with E-state index >= 15 is 0 Å². The Morgan fingerprint density at radius 3 is 2.79 bits per heavy atom. The quantitative estimate of drug-likeness (QED) is 0.583. The van der Waals surface area contributed by atoms with Gasteiger partial charge in [-0.25, -0.2) is 0 Å². The molecule has 1 aliphatic heterocycles. The number of aryl methyl sites for hydroxylation is 1. The Labute approximate surface area is 138 Å². The smallest absolute Gasteiger partial charge is 0.508 e. The van der Waals surface area contributed by atoms with Crippen LogP contribution in [-0.4, -0.2) is 23.8 Å². The molecule has 3 aromatic rings. The van der Waals surface area contributed by atoms with Crippen molar-refractivity contribution in [1.29, 1.82) is 0 Å². The van der Waals surface area contributed by atoms with Gasteiger partial charge in [0.25, 0.3) is 6.47 Å². The number of fused-ring (bicyclic) bond motifs is 2. The third-order valence-electron chi connectivity index (χ3n) is 4.30. The molecule has 0 atom stereocenters. The molecule has 0 spiro atoms. The molecule has 2 aromatic carbocycles. The predicted molar refractivity (Wildman–Crippen MR) is 91.4 cm³/mol. The van der Waals surface area contributed by atoms with E-state index in [1.807, 2.05) is 43.3 Å². The molecule has 1 aliphatic rings. The average molecular weight is 319 g/mol. The lowest BCUT2D eigenvalue weighted by molar-refractivity contribution is -0.121. The fourth-order valence-electron chi connectivity index (χ4n) is 3.03. The first-order valence-electron chi connectivity index (χ1n) is 7.54. The molecule has 1 aromatic heterocycles. The van der Waals surface area contributed by atoms with Gasteiger partial charge in [-0.15, -0.1) is 5.10 Å². The summed E-state index contributed by atoms with van der Waals surface area (Å²) >= 11 is 0. The SMILES string of the molecule is Cc1nnc(N)c2ccc(-c3ccc4c(c3)B(OC=O)OC4)cc12. The van der Waals surface area contributed by atoms with Gasteiger partial charge in [0.1, 0.15) is 0 Å². The van der Waals surface area contributed by atoms with Crippen LogP contribution in [0.25, 0.3) is 21.9 Å². The highest BCUT2D eigenvalue weighted by Crippen LogP contribution is 2.28. The van der Waals surface area contributed by atoms with Crippen molar-refractivity contribution in [3.63, 3.8) is 0 Å². The first-order chi connectivity index (χ1) is 11.7. The van der Waals surface area contributed by atoms with Crippen molar-refractivity contribution in [2.45, 2.75) is 13.5 Å². The first-order valence-corrected chi connectivity index (χ1v) is 7.54. The molecule has 2 N–H and O–H groups in total. The maximum absolute atomic E-state index is 10.6. The Kier molecular flexibility index (Phi) is 3.43. The summed E-state index contributed by atoms with van der Waals surface area (Å²) in [5, 5.41) is 9.89. The molecule has 24 heavy (non-hydrogen) atoms. The van der Waals surface area contributed by atoms with Gasteiger partial charge in [0, 0.05) is 16.2 Å². The predicted octanol–water partition coefficient (Wildman–Crippen LogP) is 1.59.